The molecule has 6 rings (SSSR count). The molecule has 0 spiro atoms. The van der Waals surface area contributed by atoms with Crippen LogP contribution in [0.15, 0.2) is 140 Å². The zero-order chi connectivity index (χ0) is 39.1. The third-order valence-electron chi connectivity index (χ3n) is 9.46. The first kappa shape index (κ1) is 40.0. The molecule has 0 aromatic heterocycles. The molecule has 1 amide bonds. The summed E-state index contributed by atoms with van der Waals surface area (Å²) in [4.78, 5) is 53.5. The Morgan fingerprint density at radius 2 is 1.07 bits per heavy atom. The first-order chi connectivity index (χ1) is 27.4. The second-order valence-electron chi connectivity index (χ2n) is 13.6. The molecule has 0 aliphatic heterocycles. The maximum Gasteiger partial charge on any atom is 0.336 e. The number of fused-ring (bicyclic) bond motifs is 3. The Bertz CT molecular complexity index is 2010. The minimum atomic E-state index is -0.976. The fraction of sp³-hybridized carbons (Fsp3) is 0.261. The third-order valence-corrected chi connectivity index (χ3v) is 10.6. The van der Waals surface area contributed by atoms with Crippen molar-refractivity contribution in [1.82, 2.24) is 5.32 Å². The van der Waals surface area contributed by atoms with Gasteiger partial charge in [0, 0.05) is 17.4 Å². The highest BCUT2D eigenvalue weighted by molar-refractivity contribution is 7.99. The van der Waals surface area contributed by atoms with Gasteiger partial charge >= 0.3 is 17.9 Å². The van der Waals surface area contributed by atoms with E-state index in [2.05, 4.69) is 17.4 Å². The van der Waals surface area contributed by atoms with Crippen LogP contribution in [0.1, 0.15) is 47.1 Å². The molecule has 288 valence electrons. The number of carbonyl (C=O) groups is 4. The molecule has 0 saturated heterocycles. The molecule has 56 heavy (non-hydrogen) atoms. The van der Waals surface area contributed by atoms with Crippen LogP contribution in [0.4, 0.5) is 0 Å². The molecule has 0 saturated carbocycles. The van der Waals surface area contributed by atoms with Gasteiger partial charge in [-0.3, -0.25) is 9.59 Å². The van der Waals surface area contributed by atoms with Crippen molar-refractivity contribution in [2.24, 2.45) is 5.92 Å². The Balaban J connectivity index is 1.11. The number of hydrogen-bond acceptors (Lipinski definition) is 9. The molecule has 1 aliphatic rings. The average Bonchev–Trinajstić information content (AvgIpc) is 3.56. The Kier molecular flexibility index (Phi) is 14.5. The molecule has 1 N–H and O–H groups in total. The van der Waals surface area contributed by atoms with Gasteiger partial charge in [0.05, 0.1) is 18.9 Å². The molecule has 1 aliphatic carbocycles. The maximum atomic E-state index is 13.8. The number of rotatable bonds is 19. The van der Waals surface area contributed by atoms with Gasteiger partial charge in [0.25, 0.3) is 0 Å². The van der Waals surface area contributed by atoms with E-state index in [4.69, 9.17) is 18.9 Å². The van der Waals surface area contributed by atoms with Crippen LogP contribution in [0.2, 0.25) is 0 Å². The smallest absolute Gasteiger partial charge is 0.336 e. The second-order valence-corrected chi connectivity index (χ2v) is 14.6. The van der Waals surface area contributed by atoms with Gasteiger partial charge in [-0.15, -0.1) is 0 Å². The molecule has 5 aromatic carbocycles. The van der Waals surface area contributed by atoms with Gasteiger partial charge in [0.2, 0.25) is 5.91 Å². The van der Waals surface area contributed by atoms with Gasteiger partial charge in [-0.05, 0) is 45.9 Å². The second kappa shape index (κ2) is 20.3. The Labute approximate surface area is 331 Å². The Hall–Kier alpha value is -5.71. The van der Waals surface area contributed by atoms with Crippen LogP contribution in [-0.4, -0.2) is 54.1 Å². The van der Waals surface area contributed by atoms with Crippen molar-refractivity contribution >= 4 is 35.6 Å². The first-order valence-electron chi connectivity index (χ1n) is 18.6. The van der Waals surface area contributed by atoms with Crippen LogP contribution < -0.4 is 5.32 Å². The van der Waals surface area contributed by atoms with E-state index < -0.39 is 41.9 Å². The summed E-state index contributed by atoms with van der Waals surface area (Å²) >= 11 is 1.28. The van der Waals surface area contributed by atoms with Crippen molar-refractivity contribution < 1.29 is 38.1 Å². The molecular formula is C46H45NO8S. The maximum absolute atomic E-state index is 13.8. The van der Waals surface area contributed by atoms with Crippen LogP contribution >= 0.6 is 11.8 Å². The number of benzene rings is 5. The summed E-state index contributed by atoms with van der Waals surface area (Å²) in [6, 6.07) is 43.2. The summed E-state index contributed by atoms with van der Waals surface area (Å²) in [5.74, 6) is -2.95. The number of hydrogen-bond donors (Lipinski definition) is 1. The third kappa shape index (κ3) is 11.2. The number of ether oxygens (including phenoxy) is 4. The minimum Gasteiger partial charge on any atom is -0.465 e. The van der Waals surface area contributed by atoms with Crippen molar-refractivity contribution in [2.45, 2.75) is 51.2 Å². The largest absolute Gasteiger partial charge is 0.465 e. The van der Waals surface area contributed by atoms with E-state index in [1.54, 1.807) is 6.92 Å². The predicted octanol–water partition coefficient (Wildman–Crippen LogP) is 7.66. The topological polar surface area (TPSA) is 117 Å². The fourth-order valence-electron chi connectivity index (χ4n) is 6.44. The van der Waals surface area contributed by atoms with E-state index >= 15 is 0 Å². The van der Waals surface area contributed by atoms with Crippen LogP contribution in [0, 0.1) is 5.92 Å². The molecule has 1 unspecified atom stereocenters. The molecule has 0 bridgehead atoms. The SMILES string of the molecule is C[C@@H](NC(=O)[C@@H](CSCC(OCc1ccccc1)C(=O)OCc1ccccc1)CC(=O)OCC1c2ccccc2-c2ccccc21)C(=O)OCc1ccccc1. The summed E-state index contributed by atoms with van der Waals surface area (Å²) in [7, 11) is 0. The van der Waals surface area contributed by atoms with Crippen LogP contribution in [-0.2, 0) is 57.9 Å². The van der Waals surface area contributed by atoms with Gasteiger partial charge in [0.1, 0.15) is 25.9 Å². The molecule has 3 atom stereocenters. The van der Waals surface area contributed by atoms with Gasteiger partial charge in [-0.25, -0.2) is 9.59 Å². The van der Waals surface area contributed by atoms with Gasteiger partial charge < -0.3 is 24.3 Å². The predicted molar refractivity (Wildman–Crippen MR) is 215 cm³/mol. The van der Waals surface area contributed by atoms with Gasteiger partial charge in [0.15, 0.2) is 6.10 Å². The number of thioether (sulfide) groups is 1. The van der Waals surface area contributed by atoms with E-state index in [9.17, 15) is 19.2 Å². The van der Waals surface area contributed by atoms with Crippen LogP contribution in [0.25, 0.3) is 11.1 Å². The Morgan fingerprint density at radius 3 is 1.62 bits per heavy atom. The standard InChI is InChI=1S/C46H45NO8S/c1-32(45(50)54-27-34-17-7-3-8-18-34)47-44(49)36(25-43(48)53-29-41-39-23-13-11-21-37(39)38-22-12-14-24-40(38)41)30-56-31-42(52-26-33-15-5-2-6-16-33)46(51)55-28-35-19-9-4-10-20-35/h2-24,32,36,41-42H,25-31H2,1H3,(H,47,49)/t32-,36-,42?/m1/s1. The summed E-state index contributed by atoms with van der Waals surface area (Å²) in [6.45, 7) is 1.97. The summed E-state index contributed by atoms with van der Waals surface area (Å²) in [5, 5.41) is 2.73. The highest BCUT2D eigenvalue weighted by Crippen LogP contribution is 2.44. The highest BCUT2D eigenvalue weighted by Gasteiger charge is 2.31. The molecule has 10 heteroatoms. The number of nitrogens with one attached hydrogen (secondary N) is 1. The van der Waals surface area contributed by atoms with Crippen molar-refractivity contribution in [3.8, 4) is 11.1 Å². The zero-order valence-corrected chi connectivity index (χ0v) is 32.0. The van der Waals surface area contributed by atoms with E-state index in [1.807, 2.05) is 127 Å². The van der Waals surface area contributed by atoms with E-state index in [0.29, 0.717) is 0 Å². The summed E-state index contributed by atoms with van der Waals surface area (Å²) in [5.41, 5.74) is 6.92. The molecule has 5 aromatic rings. The van der Waals surface area contributed by atoms with Crippen LogP contribution in [0.5, 0.6) is 0 Å². The van der Waals surface area contributed by atoms with Gasteiger partial charge in [-0.1, -0.05) is 140 Å². The molecule has 0 fully saturated rings. The van der Waals surface area contributed by atoms with Crippen molar-refractivity contribution in [2.75, 3.05) is 18.1 Å². The molecule has 0 heterocycles. The van der Waals surface area contributed by atoms with Crippen molar-refractivity contribution in [1.29, 1.82) is 0 Å². The summed E-state index contributed by atoms with van der Waals surface area (Å²) in [6.07, 6.45) is -1.19. The monoisotopic (exact) mass is 771 g/mol. The Morgan fingerprint density at radius 1 is 0.589 bits per heavy atom. The van der Waals surface area contributed by atoms with Crippen LogP contribution in [0.3, 0.4) is 0 Å². The number of esters is 3. The molecular weight excluding hydrogens is 727 g/mol. The normalized spacial score (nSPS) is 13.4. The summed E-state index contributed by atoms with van der Waals surface area (Å²) < 4.78 is 23.0. The lowest BCUT2D eigenvalue weighted by Crippen LogP contribution is -2.44. The zero-order valence-electron chi connectivity index (χ0n) is 31.2. The lowest BCUT2D eigenvalue weighted by Gasteiger charge is -2.21. The van der Waals surface area contributed by atoms with Gasteiger partial charge in [-0.2, -0.15) is 11.8 Å². The highest BCUT2D eigenvalue weighted by atomic mass is 32.2. The number of carbonyl (C=O) groups excluding carboxylic acids is 4. The average molecular weight is 772 g/mol. The molecule has 9 nitrogen and oxygen atoms in total. The van der Waals surface area contributed by atoms with E-state index in [1.165, 1.54) is 11.8 Å². The first-order valence-corrected chi connectivity index (χ1v) is 19.8. The lowest BCUT2D eigenvalue weighted by atomic mass is 9.98. The minimum absolute atomic E-state index is 0.0592. The lowest BCUT2D eigenvalue weighted by molar-refractivity contribution is -0.157. The van der Waals surface area contributed by atoms with Crippen molar-refractivity contribution in [3.05, 3.63) is 167 Å². The number of amides is 1. The van der Waals surface area contributed by atoms with E-state index in [-0.39, 0.29) is 50.3 Å². The fourth-order valence-corrected chi connectivity index (χ4v) is 7.58. The van der Waals surface area contributed by atoms with E-state index in [0.717, 1.165) is 38.9 Å². The van der Waals surface area contributed by atoms with Crippen molar-refractivity contribution in [3.63, 3.8) is 0 Å². The molecule has 0 radical (unpaired) electrons. The quantitative estimate of drug-likeness (QED) is 0.0667.